The highest BCUT2D eigenvalue weighted by Crippen LogP contribution is 2.26. The summed E-state index contributed by atoms with van der Waals surface area (Å²) in [5.74, 6) is 0.560. The number of aromatic hydroxyl groups is 1. The maximum atomic E-state index is 11.5. The molecule has 6 heteroatoms. The van der Waals surface area contributed by atoms with Crippen molar-refractivity contribution in [2.24, 2.45) is 0 Å². The van der Waals surface area contributed by atoms with Crippen molar-refractivity contribution < 1.29 is 19.4 Å². The maximum absolute atomic E-state index is 11.5. The van der Waals surface area contributed by atoms with Gasteiger partial charge in [0.25, 0.3) is 0 Å². The van der Waals surface area contributed by atoms with Crippen LogP contribution in [0.5, 0.6) is 11.5 Å². The van der Waals surface area contributed by atoms with Crippen LogP contribution in [0.2, 0.25) is 0 Å². The van der Waals surface area contributed by atoms with Crippen molar-refractivity contribution in [3.63, 3.8) is 0 Å². The Morgan fingerprint density at radius 1 is 1.36 bits per heavy atom. The molecule has 0 radical (unpaired) electrons. The molecular formula is C16H26N2O4. The van der Waals surface area contributed by atoms with E-state index in [4.69, 9.17) is 9.47 Å². The molecule has 1 aromatic rings. The number of ether oxygens (including phenoxy) is 2. The SMILES string of the molecule is COc1ccc(CNC(C)CNC(=O)OC(C)(C)C)cc1O. The predicted octanol–water partition coefficient (Wildman–Crippen LogP) is 2.40. The minimum atomic E-state index is -0.499. The van der Waals surface area contributed by atoms with Gasteiger partial charge in [-0.1, -0.05) is 6.07 Å². The molecule has 0 spiro atoms. The Morgan fingerprint density at radius 2 is 2.05 bits per heavy atom. The van der Waals surface area contributed by atoms with Gasteiger partial charge >= 0.3 is 6.09 Å². The highest BCUT2D eigenvalue weighted by atomic mass is 16.6. The lowest BCUT2D eigenvalue weighted by Gasteiger charge is -2.21. The normalized spacial score (nSPS) is 12.6. The molecule has 0 heterocycles. The van der Waals surface area contributed by atoms with E-state index in [-0.39, 0.29) is 11.8 Å². The van der Waals surface area contributed by atoms with Crippen molar-refractivity contribution in [2.45, 2.75) is 45.9 Å². The summed E-state index contributed by atoms with van der Waals surface area (Å²) >= 11 is 0. The third-order valence-corrected chi connectivity index (χ3v) is 2.85. The number of phenols is 1. The van der Waals surface area contributed by atoms with Crippen molar-refractivity contribution >= 4 is 6.09 Å². The topological polar surface area (TPSA) is 79.8 Å². The van der Waals surface area contributed by atoms with Gasteiger partial charge in [-0.3, -0.25) is 0 Å². The molecule has 0 fully saturated rings. The zero-order valence-corrected chi connectivity index (χ0v) is 13.9. The lowest BCUT2D eigenvalue weighted by Crippen LogP contribution is -2.40. The number of alkyl carbamates (subject to hydrolysis) is 1. The second-order valence-corrected chi connectivity index (χ2v) is 6.17. The van der Waals surface area contributed by atoms with Gasteiger partial charge in [-0.2, -0.15) is 0 Å². The average Bonchev–Trinajstić information content (AvgIpc) is 2.41. The van der Waals surface area contributed by atoms with E-state index in [2.05, 4.69) is 10.6 Å². The second-order valence-electron chi connectivity index (χ2n) is 6.17. The van der Waals surface area contributed by atoms with Crippen molar-refractivity contribution in [1.29, 1.82) is 0 Å². The zero-order valence-electron chi connectivity index (χ0n) is 13.9. The molecule has 1 atom stereocenters. The Bertz CT molecular complexity index is 497. The van der Waals surface area contributed by atoms with E-state index in [0.29, 0.717) is 18.8 Å². The van der Waals surface area contributed by atoms with Gasteiger partial charge in [0.1, 0.15) is 5.60 Å². The van der Waals surface area contributed by atoms with Crippen molar-refractivity contribution in [2.75, 3.05) is 13.7 Å². The smallest absolute Gasteiger partial charge is 0.407 e. The van der Waals surface area contributed by atoms with Gasteiger partial charge in [-0.05, 0) is 45.4 Å². The van der Waals surface area contributed by atoms with Crippen LogP contribution in [-0.4, -0.2) is 36.5 Å². The van der Waals surface area contributed by atoms with Crippen LogP contribution in [-0.2, 0) is 11.3 Å². The van der Waals surface area contributed by atoms with E-state index >= 15 is 0 Å². The molecule has 3 N–H and O–H groups in total. The van der Waals surface area contributed by atoms with Gasteiger partial charge in [-0.25, -0.2) is 4.79 Å². The van der Waals surface area contributed by atoms with E-state index < -0.39 is 11.7 Å². The van der Waals surface area contributed by atoms with Gasteiger partial charge in [0.05, 0.1) is 7.11 Å². The Labute approximate surface area is 131 Å². The van der Waals surface area contributed by atoms with Crippen molar-refractivity contribution in [3.05, 3.63) is 23.8 Å². The Balaban J connectivity index is 2.35. The highest BCUT2D eigenvalue weighted by molar-refractivity contribution is 5.67. The van der Waals surface area contributed by atoms with E-state index in [1.54, 1.807) is 12.1 Å². The summed E-state index contributed by atoms with van der Waals surface area (Å²) in [6, 6.07) is 5.31. The minimum Gasteiger partial charge on any atom is -0.504 e. The summed E-state index contributed by atoms with van der Waals surface area (Å²) in [5, 5.41) is 15.7. The highest BCUT2D eigenvalue weighted by Gasteiger charge is 2.16. The second kappa shape index (κ2) is 7.89. The third kappa shape index (κ3) is 6.67. The van der Waals surface area contributed by atoms with Gasteiger partial charge in [-0.15, -0.1) is 0 Å². The molecule has 0 saturated carbocycles. The van der Waals surface area contributed by atoms with E-state index in [1.165, 1.54) is 7.11 Å². The molecule has 0 aliphatic rings. The average molecular weight is 310 g/mol. The number of amides is 1. The predicted molar refractivity (Wildman–Crippen MR) is 85.2 cm³/mol. The number of methoxy groups -OCH3 is 1. The number of hydrogen-bond acceptors (Lipinski definition) is 5. The van der Waals surface area contributed by atoms with Crippen molar-refractivity contribution in [3.8, 4) is 11.5 Å². The number of phenolic OH excluding ortho intramolecular Hbond substituents is 1. The summed E-state index contributed by atoms with van der Waals surface area (Å²) in [6.07, 6.45) is -0.428. The molecule has 0 aromatic heterocycles. The fraction of sp³-hybridized carbons (Fsp3) is 0.562. The Hall–Kier alpha value is -1.95. The zero-order chi connectivity index (χ0) is 16.8. The first kappa shape index (κ1) is 18.1. The van der Waals surface area contributed by atoms with Gasteiger partial charge in [0, 0.05) is 19.1 Å². The molecule has 1 rings (SSSR count). The van der Waals surface area contributed by atoms with Crippen LogP contribution in [0.25, 0.3) is 0 Å². The number of benzene rings is 1. The fourth-order valence-corrected chi connectivity index (χ4v) is 1.76. The number of carbonyl (C=O) groups excluding carboxylic acids is 1. The van der Waals surface area contributed by atoms with Gasteiger partial charge in [0.2, 0.25) is 0 Å². The molecule has 1 aromatic carbocycles. The number of nitrogens with one attached hydrogen (secondary N) is 2. The number of rotatable bonds is 6. The van der Waals surface area contributed by atoms with E-state index in [0.717, 1.165) is 5.56 Å². The largest absolute Gasteiger partial charge is 0.504 e. The first-order valence-electron chi connectivity index (χ1n) is 7.27. The summed E-state index contributed by atoms with van der Waals surface area (Å²) in [6.45, 7) is 8.46. The van der Waals surface area contributed by atoms with Crippen LogP contribution >= 0.6 is 0 Å². The summed E-state index contributed by atoms with van der Waals surface area (Å²) in [4.78, 5) is 11.5. The van der Waals surface area contributed by atoms with E-state index in [9.17, 15) is 9.90 Å². The molecular weight excluding hydrogens is 284 g/mol. The quantitative estimate of drug-likeness (QED) is 0.752. The van der Waals surface area contributed by atoms with Crippen LogP contribution in [0.4, 0.5) is 4.79 Å². The molecule has 0 aliphatic carbocycles. The van der Waals surface area contributed by atoms with E-state index in [1.807, 2.05) is 33.8 Å². The van der Waals surface area contributed by atoms with Crippen LogP contribution < -0.4 is 15.4 Å². The standard InChI is InChI=1S/C16H26N2O4/c1-11(9-18-15(20)22-16(2,3)4)17-10-12-6-7-14(21-5)13(19)8-12/h6-8,11,17,19H,9-10H2,1-5H3,(H,18,20). The molecule has 22 heavy (non-hydrogen) atoms. The van der Waals surface area contributed by atoms with Gasteiger partial charge < -0.3 is 25.2 Å². The molecule has 1 unspecified atom stereocenters. The van der Waals surface area contributed by atoms with Crippen LogP contribution in [0.1, 0.15) is 33.3 Å². The summed E-state index contributed by atoms with van der Waals surface area (Å²) in [5.41, 5.74) is 0.434. The Morgan fingerprint density at radius 3 is 2.59 bits per heavy atom. The van der Waals surface area contributed by atoms with Crippen LogP contribution in [0.15, 0.2) is 18.2 Å². The molecule has 0 saturated heterocycles. The summed E-state index contributed by atoms with van der Waals surface area (Å²) < 4.78 is 10.2. The van der Waals surface area contributed by atoms with Crippen molar-refractivity contribution in [1.82, 2.24) is 10.6 Å². The van der Waals surface area contributed by atoms with Gasteiger partial charge in [0.15, 0.2) is 11.5 Å². The molecule has 0 bridgehead atoms. The van der Waals surface area contributed by atoms with Crippen LogP contribution in [0.3, 0.4) is 0 Å². The lowest BCUT2D eigenvalue weighted by atomic mass is 10.2. The van der Waals surface area contributed by atoms with Crippen LogP contribution in [0, 0.1) is 0 Å². The summed E-state index contributed by atoms with van der Waals surface area (Å²) in [7, 11) is 1.51. The lowest BCUT2D eigenvalue weighted by molar-refractivity contribution is 0.0523. The first-order chi connectivity index (χ1) is 10.2. The first-order valence-corrected chi connectivity index (χ1v) is 7.27. The molecule has 124 valence electrons. The number of hydrogen-bond donors (Lipinski definition) is 3. The third-order valence-electron chi connectivity index (χ3n) is 2.85. The minimum absolute atomic E-state index is 0.0664. The molecule has 6 nitrogen and oxygen atoms in total. The maximum Gasteiger partial charge on any atom is 0.407 e. The Kier molecular flexibility index (Phi) is 6.49. The monoisotopic (exact) mass is 310 g/mol. The number of carbonyl (C=O) groups is 1. The molecule has 0 aliphatic heterocycles. The molecule has 1 amide bonds. The fourth-order valence-electron chi connectivity index (χ4n) is 1.76.